The maximum atomic E-state index is 13.0. The number of aryl methyl sites for hydroxylation is 2. The molecule has 5 rings (SSSR count). The molecule has 1 fully saturated rings. The Hall–Kier alpha value is -3.46. The van der Waals surface area contributed by atoms with Crippen molar-refractivity contribution in [1.82, 2.24) is 30.0 Å². The molecule has 2 aromatic heterocycles. The Morgan fingerprint density at radius 3 is 2.83 bits per heavy atom. The van der Waals surface area contributed by atoms with E-state index >= 15 is 0 Å². The molecule has 9 nitrogen and oxygen atoms in total. The van der Waals surface area contributed by atoms with Crippen molar-refractivity contribution in [2.24, 2.45) is 7.05 Å². The van der Waals surface area contributed by atoms with Gasteiger partial charge in [-0.2, -0.15) is 5.10 Å². The van der Waals surface area contributed by atoms with Crippen molar-refractivity contribution in [3.63, 3.8) is 0 Å². The first-order chi connectivity index (χ1) is 17.0. The average Bonchev–Trinajstić information content (AvgIpc) is 3.12. The van der Waals surface area contributed by atoms with E-state index in [1.807, 2.05) is 33.2 Å². The van der Waals surface area contributed by atoms with Gasteiger partial charge < -0.3 is 15.4 Å². The van der Waals surface area contributed by atoms with Crippen LogP contribution in [-0.2, 0) is 18.2 Å². The minimum Gasteiger partial charge on any atom is -0.356 e. The van der Waals surface area contributed by atoms with E-state index in [4.69, 9.17) is 9.72 Å². The van der Waals surface area contributed by atoms with Crippen LogP contribution in [0.1, 0.15) is 56.7 Å². The van der Waals surface area contributed by atoms with Crippen molar-refractivity contribution >= 4 is 17.7 Å². The first kappa shape index (κ1) is 23.3. The minimum atomic E-state index is -0.116. The van der Waals surface area contributed by atoms with E-state index < -0.39 is 0 Å². The van der Waals surface area contributed by atoms with Crippen molar-refractivity contribution < 1.29 is 9.53 Å². The van der Waals surface area contributed by atoms with Crippen LogP contribution in [0.3, 0.4) is 0 Å². The van der Waals surface area contributed by atoms with Gasteiger partial charge in [0.1, 0.15) is 6.23 Å². The third-order valence-electron chi connectivity index (χ3n) is 6.57. The van der Waals surface area contributed by atoms with Gasteiger partial charge in [-0.05, 0) is 56.4 Å². The standard InChI is InChI=1S/C26H33N7O2/c1-17(2)35-24-11-13-33(24)26(34)31-23-7-5-4-6-18-14-19(8-9-21(18)23)22-10-12-27-25(30-22)29-20-15-28-32(3)16-20/h8-10,12,14-17,23-24H,4-7,11,13H2,1-3H3,(H,31,34)(H,27,29,30). The molecule has 3 aromatic rings. The Bertz CT molecular complexity index is 1190. The summed E-state index contributed by atoms with van der Waals surface area (Å²) in [5.74, 6) is 0.531. The van der Waals surface area contributed by atoms with Crippen LogP contribution in [0.25, 0.3) is 11.3 Å². The van der Waals surface area contributed by atoms with Crippen molar-refractivity contribution in [2.75, 3.05) is 11.9 Å². The summed E-state index contributed by atoms with van der Waals surface area (Å²) in [4.78, 5) is 23.9. The second kappa shape index (κ2) is 10.0. The number of benzene rings is 1. The zero-order valence-electron chi connectivity index (χ0n) is 20.6. The van der Waals surface area contributed by atoms with E-state index in [1.165, 1.54) is 11.1 Å². The number of carbonyl (C=O) groups is 1. The van der Waals surface area contributed by atoms with Gasteiger partial charge in [0.05, 0.1) is 29.7 Å². The molecule has 0 bridgehead atoms. The molecular weight excluding hydrogens is 442 g/mol. The SMILES string of the molecule is CC(C)OC1CCN1C(=O)NC1CCCCc2cc(-c3ccnc(Nc4cnn(C)c4)n3)ccc21. The predicted octanol–water partition coefficient (Wildman–Crippen LogP) is 4.55. The number of hydrogen-bond acceptors (Lipinski definition) is 6. The average molecular weight is 476 g/mol. The summed E-state index contributed by atoms with van der Waals surface area (Å²) in [7, 11) is 1.87. The van der Waals surface area contributed by atoms with Gasteiger partial charge in [-0.15, -0.1) is 0 Å². The number of rotatable bonds is 6. The van der Waals surface area contributed by atoms with Gasteiger partial charge in [-0.25, -0.2) is 14.8 Å². The summed E-state index contributed by atoms with van der Waals surface area (Å²) in [6.45, 7) is 4.75. The van der Waals surface area contributed by atoms with Gasteiger partial charge in [-0.3, -0.25) is 9.58 Å². The molecule has 2 N–H and O–H groups in total. The van der Waals surface area contributed by atoms with Crippen molar-refractivity contribution in [1.29, 1.82) is 0 Å². The highest BCUT2D eigenvalue weighted by Crippen LogP contribution is 2.33. The number of nitrogens with one attached hydrogen (secondary N) is 2. The Morgan fingerprint density at radius 1 is 1.20 bits per heavy atom. The fourth-order valence-corrected chi connectivity index (χ4v) is 4.77. The molecule has 184 valence electrons. The molecule has 2 atom stereocenters. The number of carbonyl (C=O) groups excluding carboxylic acids is 1. The molecule has 9 heteroatoms. The van der Waals surface area contributed by atoms with Crippen molar-refractivity contribution in [2.45, 2.75) is 64.3 Å². The molecule has 2 aliphatic rings. The molecule has 0 radical (unpaired) electrons. The number of aromatic nitrogens is 4. The highest BCUT2D eigenvalue weighted by Gasteiger charge is 2.35. The first-order valence-corrected chi connectivity index (χ1v) is 12.4. The van der Waals surface area contributed by atoms with E-state index in [-0.39, 0.29) is 24.4 Å². The molecular formula is C26H33N7O2. The topological polar surface area (TPSA) is 97.2 Å². The Kier molecular flexibility index (Phi) is 6.68. The lowest BCUT2D eigenvalue weighted by Gasteiger charge is -2.42. The van der Waals surface area contributed by atoms with Crippen LogP contribution in [0.2, 0.25) is 0 Å². The lowest BCUT2D eigenvalue weighted by molar-refractivity contribution is -0.120. The predicted molar refractivity (Wildman–Crippen MR) is 134 cm³/mol. The van der Waals surface area contributed by atoms with Gasteiger partial charge in [0.15, 0.2) is 0 Å². The van der Waals surface area contributed by atoms with Crippen LogP contribution in [0.5, 0.6) is 0 Å². The van der Waals surface area contributed by atoms with Gasteiger partial charge in [0, 0.05) is 38.0 Å². The van der Waals surface area contributed by atoms with Gasteiger partial charge >= 0.3 is 6.03 Å². The molecule has 3 heterocycles. The van der Waals surface area contributed by atoms with Crippen LogP contribution in [0.4, 0.5) is 16.4 Å². The van der Waals surface area contributed by atoms with E-state index in [9.17, 15) is 4.79 Å². The van der Waals surface area contributed by atoms with E-state index in [0.29, 0.717) is 5.95 Å². The molecule has 1 aliphatic heterocycles. The molecule has 0 spiro atoms. The van der Waals surface area contributed by atoms with Gasteiger partial charge in [0.25, 0.3) is 0 Å². The Labute approximate surface area is 205 Å². The Morgan fingerprint density at radius 2 is 2.09 bits per heavy atom. The van der Waals surface area contributed by atoms with Crippen molar-refractivity contribution in [3.8, 4) is 11.3 Å². The zero-order valence-corrected chi connectivity index (χ0v) is 20.6. The largest absolute Gasteiger partial charge is 0.356 e. The number of amides is 2. The first-order valence-electron chi connectivity index (χ1n) is 12.4. The lowest BCUT2D eigenvalue weighted by Crippen LogP contribution is -2.57. The molecule has 0 saturated carbocycles. The maximum absolute atomic E-state index is 13.0. The van der Waals surface area contributed by atoms with Crippen LogP contribution in [-0.4, -0.2) is 49.6 Å². The summed E-state index contributed by atoms with van der Waals surface area (Å²) >= 11 is 0. The van der Waals surface area contributed by atoms with Crippen LogP contribution in [0.15, 0.2) is 42.9 Å². The molecule has 1 aliphatic carbocycles. The number of anilines is 2. The molecule has 35 heavy (non-hydrogen) atoms. The fraction of sp³-hybridized carbons (Fsp3) is 0.462. The summed E-state index contributed by atoms with van der Waals surface area (Å²) in [5, 5.41) is 10.7. The summed E-state index contributed by atoms with van der Waals surface area (Å²) in [5.41, 5.74) is 5.20. The lowest BCUT2D eigenvalue weighted by atomic mass is 9.95. The van der Waals surface area contributed by atoms with Crippen LogP contribution < -0.4 is 10.6 Å². The van der Waals surface area contributed by atoms with Crippen molar-refractivity contribution in [3.05, 3.63) is 54.0 Å². The number of fused-ring (bicyclic) bond motifs is 1. The highest BCUT2D eigenvalue weighted by molar-refractivity contribution is 5.76. The number of ether oxygens (including phenoxy) is 1. The van der Waals surface area contributed by atoms with Gasteiger partial charge in [0.2, 0.25) is 5.95 Å². The fourth-order valence-electron chi connectivity index (χ4n) is 4.77. The third kappa shape index (κ3) is 5.30. The van der Waals surface area contributed by atoms with E-state index in [2.05, 4.69) is 38.9 Å². The summed E-state index contributed by atoms with van der Waals surface area (Å²) in [6, 6.07) is 8.34. The molecule has 1 saturated heterocycles. The second-order valence-corrected chi connectivity index (χ2v) is 9.58. The quantitative estimate of drug-likeness (QED) is 0.508. The van der Waals surface area contributed by atoms with E-state index in [1.54, 1.807) is 22.0 Å². The second-order valence-electron chi connectivity index (χ2n) is 9.58. The normalized spacial score (nSPS) is 19.6. The number of nitrogens with zero attached hydrogens (tertiary/aromatic N) is 5. The third-order valence-corrected chi connectivity index (χ3v) is 6.57. The summed E-state index contributed by atoms with van der Waals surface area (Å²) < 4.78 is 7.59. The highest BCUT2D eigenvalue weighted by atomic mass is 16.5. The number of hydrogen-bond donors (Lipinski definition) is 2. The smallest absolute Gasteiger partial charge is 0.319 e. The molecule has 1 aromatic carbocycles. The van der Waals surface area contributed by atoms with Crippen LogP contribution in [0, 0.1) is 0 Å². The monoisotopic (exact) mass is 475 g/mol. The Balaban J connectivity index is 1.33. The number of urea groups is 1. The minimum absolute atomic E-state index is 0.00237. The zero-order chi connectivity index (χ0) is 24.4. The molecule has 2 unspecified atom stereocenters. The maximum Gasteiger partial charge on any atom is 0.319 e. The molecule has 2 amide bonds. The number of likely N-dealkylation sites (tertiary alicyclic amines) is 1. The summed E-state index contributed by atoms with van der Waals surface area (Å²) in [6.07, 6.45) is 10.4. The van der Waals surface area contributed by atoms with E-state index in [0.717, 1.165) is 55.6 Å². The van der Waals surface area contributed by atoms with Crippen LogP contribution >= 0.6 is 0 Å². The van der Waals surface area contributed by atoms with Gasteiger partial charge in [-0.1, -0.05) is 18.6 Å².